The van der Waals surface area contributed by atoms with Crippen LogP contribution in [0.5, 0.6) is 11.5 Å². The van der Waals surface area contributed by atoms with Gasteiger partial charge in [-0.1, -0.05) is 65.8 Å². The molecule has 204 valence electrons. The third-order valence-corrected chi connectivity index (χ3v) is 6.65. The van der Waals surface area contributed by atoms with E-state index in [2.05, 4.69) is 0 Å². The molecule has 0 fully saturated rings. The lowest BCUT2D eigenvalue weighted by Gasteiger charge is -2.24. The second-order valence-electron chi connectivity index (χ2n) is 12.0. The SMILES string of the molecule is Cc1cc(CC(CCOC(Cc2cc(C)c(O)c(C(C)(C)C)c2)C(=O)O)C(=O)O)cc(C(C)(C)C)c1O. The first-order chi connectivity index (χ1) is 16.9. The maximum absolute atomic E-state index is 12.0. The lowest BCUT2D eigenvalue weighted by molar-refractivity contribution is -0.151. The molecule has 2 atom stereocenters. The minimum atomic E-state index is -1.14. The number of benzene rings is 2. The molecule has 2 aromatic rings. The molecule has 2 unspecified atom stereocenters. The van der Waals surface area contributed by atoms with Gasteiger partial charge in [-0.05, 0) is 70.9 Å². The molecule has 37 heavy (non-hydrogen) atoms. The summed E-state index contributed by atoms with van der Waals surface area (Å²) in [7, 11) is 0. The Morgan fingerprint density at radius 1 is 0.757 bits per heavy atom. The molecule has 2 rings (SSSR count). The molecule has 0 aliphatic rings. The van der Waals surface area contributed by atoms with Crippen LogP contribution in [0.4, 0.5) is 0 Å². The Labute approximate surface area is 220 Å². The number of hydrogen-bond acceptors (Lipinski definition) is 5. The Hall–Kier alpha value is -3.06. The average Bonchev–Trinajstić information content (AvgIpc) is 2.74. The molecule has 0 amide bonds. The maximum atomic E-state index is 12.0. The van der Waals surface area contributed by atoms with Gasteiger partial charge in [-0.25, -0.2) is 4.79 Å². The van der Waals surface area contributed by atoms with Crippen molar-refractivity contribution in [2.24, 2.45) is 5.92 Å². The van der Waals surface area contributed by atoms with Gasteiger partial charge < -0.3 is 25.2 Å². The Kier molecular flexibility index (Phi) is 9.42. The average molecular weight is 515 g/mol. The number of aliphatic carboxylic acids is 2. The summed E-state index contributed by atoms with van der Waals surface area (Å²) >= 11 is 0. The van der Waals surface area contributed by atoms with Crippen molar-refractivity contribution in [1.29, 1.82) is 0 Å². The molecule has 7 nitrogen and oxygen atoms in total. The summed E-state index contributed by atoms with van der Waals surface area (Å²) in [4.78, 5) is 23.9. The fourth-order valence-electron chi connectivity index (χ4n) is 4.47. The van der Waals surface area contributed by atoms with E-state index in [1.54, 1.807) is 26.0 Å². The van der Waals surface area contributed by atoms with Gasteiger partial charge >= 0.3 is 11.9 Å². The Morgan fingerprint density at radius 3 is 1.57 bits per heavy atom. The summed E-state index contributed by atoms with van der Waals surface area (Å²) in [6.07, 6.45) is -0.656. The van der Waals surface area contributed by atoms with Crippen molar-refractivity contribution in [2.75, 3.05) is 6.61 Å². The van der Waals surface area contributed by atoms with E-state index in [1.807, 2.05) is 53.7 Å². The summed E-state index contributed by atoms with van der Waals surface area (Å²) in [5, 5.41) is 40.5. The van der Waals surface area contributed by atoms with E-state index < -0.39 is 24.0 Å². The van der Waals surface area contributed by atoms with Crippen LogP contribution in [0.2, 0.25) is 0 Å². The van der Waals surface area contributed by atoms with Gasteiger partial charge in [0.2, 0.25) is 0 Å². The molecule has 0 bridgehead atoms. The van der Waals surface area contributed by atoms with Crippen molar-refractivity contribution in [1.82, 2.24) is 0 Å². The van der Waals surface area contributed by atoms with E-state index >= 15 is 0 Å². The first-order valence-electron chi connectivity index (χ1n) is 12.6. The quantitative estimate of drug-likeness (QED) is 0.323. The lowest BCUT2D eigenvalue weighted by Crippen LogP contribution is -2.28. The van der Waals surface area contributed by atoms with Crippen LogP contribution in [0.3, 0.4) is 0 Å². The highest BCUT2D eigenvalue weighted by Gasteiger charge is 2.26. The van der Waals surface area contributed by atoms with Gasteiger partial charge in [-0.2, -0.15) is 0 Å². The zero-order valence-corrected chi connectivity index (χ0v) is 23.3. The fraction of sp³-hybridized carbons (Fsp3) is 0.533. The van der Waals surface area contributed by atoms with E-state index in [0.717, 1.165) is 22.3 Å². The number of carboxylic acids is 2. The smallest absolute Gasteiger partial charge is 0.333 e. The first-order valence-corrected chi connectivity index (χ1v) is 12.6. The molecule has 0 spiro atoms. The highest BCUT2D eigenvalue weighted by atomic mass is 16.5. The normalized spacial score (nSPS) is 13.8. The van der Waals surface area contributed by atoms with Crippen LogP contribution in [-0.4, -0.2) is 45.1 Å². The van der Waals surface area contributed by atoms with Crippen LogP contribution >= 0.6 is 0 Å². The summed E-state index contributed by atoms with van der Waals surface area (Å²) in [6.45, 7) is 15.4. The molecular weight excluding hydrogens is 472 g/mol. The number of ether oxygens (including phenoxy) is 1. The van der Waals surface area contributed by atoms with E-state index in [4.69, 9.17) is 4.74 Å². The van der Waals surface area contributed by atoms with Crippen molar-refractivity contribution in [3.8, 4) is 11.5 Å². The van der Waals surface area contributed by atoms with Gasteiger partial charge in [0.1, 0.15) is 11.5 Å². The molecule has 0 saturated heterocycles. The van der Waals surface area contributed by atoms with Gasteiger partial charge in [0, 0.05) is 13.0 Å². The summed E-state index contributed by atoms with van der Waals surface area (Å²) in [5.41, 5.74) is 3.75. The topological polar surface area (TPSA) is 124 Å². The number of aromatic hydroxyl groups is 2. The standard InChI is InChI=1S/C30H42O7/c1-17-11-19(14-22(25(17)31)29(3,4)5)13-21(27(33)34)9-10-37-24(28(35)36)16-20-12-18(2)26(32)23(15-20)30(6,7)8/h11-12,14-15,21,24,31-32H,9-10,13,16H2,1-8H3,(H,33,34)(H,35,36). The third kappa shape index (κ3) is 7.96. The zero-order valence-electron chi connectivity index (χ0n) is 23.3. The monoisotopic (exact) mass is 514 g/mol. The van der Waals surface area contributed by atoms with Crippen LogP contribution in [-0.2, 0) is 38.0 Å². The van der Waals surface area contributed by atoms with Gasteiger partial charge in [0.15, 0.2) is 6.10 Å². The number of carbonyl (C=O) groups is 2. The zero-order chi connectivity index (χ0) is 28.3. The van der Waals surface area contributed by atoms with Gasteiger partial charge in [0.25, 0.3) is 0 Å². The number of hydrogen-bond donors (Lipinski definition) is 4. The summed E-state index contributed by atoms with van der Waals surface area (Å²) < 4.78 is 5.68. The second kappa shape index (κ2) is 11.5. The Bertz CT molecular complexity index is 1050. The van der Waals surface area contributed by atoms with Crippen molar-refractivity contribution in [3.63, 3.8) is 0 Å². The van der Waals surface area contributed by atoms with E-state index in [1.165, 1.54) is 0 Å². The molecule has 0 aliphatic heterocycles. The molecule has 0 saturated carbocycles. The van der Waals surface area contributed by atoms with Crippen LogP contribution in [0, 0.1) is 19.8 Å². The number of phenols is 2. The lowest BCUT2D eigenvalue weighted by atomic mass is 9.83. The second-order valence-corrected chi connectivity index (χ2v) is 12.0. The van der Waals surface area contributed by atoms with E-state index in [-0.39, 0.29) is 48.2 Å². The summed E-state index contributed by atoms with van der Waals surface area (Å²) in [5.74, 6) is -2.46. The van der Waals surface area contributed by atoms with Crippen LogP contribution in [0.25, 0.3) is 0 Å². The Balaban J connectivity index is 2.15. The highest BCUT2D eigenvalue weighted by Crippen LogP contribution is 2.36. The summed E-state index contributed by atoms with van der Waals surface area (Å²) in [6, 6.07) is 7.20. The molecule has 2 aromatic carbocycles. The number of aryl methyl sites for hydroxylation is 2. The minimum Gasteiger partial charge on any atom is -0.507 e. The first kappa shape index (κ1) is 30.2. The van der Waals surface area contributed by atoms with Crippen molar-refractivity contribution >= 4 is 11.9 Å². The van der Waals surface area contributed by atoms with Crippen molar-refractivity contribution in [2.45, 2.75) is 91.6 Å². The largest absolute Gasteiger partial charge is 0.507 e. The predicted molar refractivity (Wildman–Crippen MR) is 144 cm³/mol. The van der Waals surface area contributed by atoms with Crippen molar-refractivity contribution < 1.29 is 34.8 Å². The van der Waals surface area contributed by atoms with Gasteiger partial charge in [-0.15, -0.1) is 0 Å². The molecule has 0 heterocycles. The fourth-order valence-corrected chi connectivity index (χ4v) is 4.47. The van der Waals surface area contributed by atoms with E-state index in [9.17, 15) is 30.0 Å². The predicted octanol–water partition coefficient (Wildman–Crippen LogP) is 5.66. The Morgan fingerprint density at radius 2 is 1.19 bits per heavy atom. The molecule has 0 aromatic heterocycles. The van der Waals surface area contributed by atoms with Gasteiger partial charge in [0.05, 0.1) is 5.92 Å². The van der Waals surface area contributed by atoms with E-state index in [0.29, 0.717) is 11.1 Å². The number of rotatable bonds is 10. The molecule has 0 radical (unpaired) electrons. The van der Waals surface area contributed by atoms with Crippen LogP contribution in [0.1, 0.15) is 81.3 Å². The number of phenolic OH excluding ortho intramolecular Hbond substituents is 2. The number of carboxylic acid groups (broad SMARTS) is 2. The molecule has 0 aliphatic carbocycles. The van der Waals surface area contributed by atoms with Crippen LogP contribution in [0.15, 0.2) is 24.3 Å². The molecular formula is C30H42O7. The van der Waals surface area contributed by atoms with Gasteiger partial charge in [-0.3, -0.25) is 4.79 Å². The van der Waals surface area contributed by atoms with Crippen LogP contribution < -0.4 is 0 Å². The minimum absolute atomic E-state index is 0.0275. The van der Waals surface area contributed by atoms with Crippen molar-refractivity contribution in [3.05, 3.63) is 57.6 Å². The molecule has 7 heteroatoms. The third-order valence-electron chi connectivity index (χ3n) is 6.65. The molecule has 4 N–H and O–H groups in total. The maximum Gasteiger partial charge on any atom is 0.333 e. The highest BCUT2D eigenvalue weighted by molar-refractivity contribution is 5.73.